The molecule has 0 amide bonds. The highest BCUT2D eigenvalue weighted by molar-refractivity contribution is 5.19. The third kappa shape index (κ3) is 1.89. The molecule has 8 unspecified atom stereocenters. The number of nitrogens with zero attached hydrogens (tertiary/aromatic N) is 1. The molecule has 108 valence electrons. The third-order valence-corrected chi connectivity index (χ3v) is 6.57. The number of rotatable bonds is 0. The van der Waals surface area contributed by atoms with Gasteiger partial charge in [0, 0.05) is 26.3 Å². The lowest BCUT2D eigenvalue weighted by Crippen LogP contribution is -3.26. The molecule has 3 aliphatic heterocycles. The van der Waals surface area contributed by atoms with Gasteiger partial charge in [0.05, 0.1) is 12.1 Å². The fraction of sp³-hybridized carbons (Fsp3) is 1.00. The smallest absolute Gasteiger partial charge is 0.138 e. The topological polar surface area (TPSA) is 30.6 Å². The minimum Gasteiger partial charge on any atom is -0.651 e. The monoisotopic (exact) mass is 263 g/mol. The van der Waals surface area contributed by atoms with Gasteiger partial charge in [-0.1, -0.05) is 37.6 Å². The van der Waals surface area contributed by atoms with Crippen LogP contribution in [0.4, 0.5) is 0 Å². The first-order chi connectivity index (χ1) is 9.25. The summed E-state index contributed by atoms with van der Waals surface area (Å²) in [6, 6.07) is 3.07. The average Bonchev–Trinajstić information content (AvgIpc) is 2.78. The van der Waals surface area contributed by atoms with E-state index in [0.29, 0.717) is 12.2 Å². The largest absolute Gasteiger partial charge is 0.651 e. The van der Waals surface area contributed by atoms with Gasteiger partial charge in [-0.3, -0.25) is 5.32 Å². The molecule has 19 heavy (non-hydrogen) atoms. The van der Waals surface area contributed by atoms with Crippen LogP contribution in [0.1, 0.15) is 52.4 Å². The molecule has 1 aliphatic carbocycles. The summed E-state index contributed by atoms with van der Waals surface area (Å²) >= 11 is 0. The zero-order valence-electron chi connectivity index (χ0n) is 12.4. The molecule has 8 atom stereocenters. The Morgan fingerprint density at radius 1 is 1.05 bits per heavy atom. The zero-order chi connectivity index (χ0) is 13.0. The number of quaternary nitrogens is 1. The third-order valence-electron chi connectivity index (χ3n) is 6.57. The van der Waals surface area contributed by atoms with Gasteiger partial charge in [0.25, 0.3) is 0 Å². The zero-order valence-corrected chi connectivity index (χ0v) is 12.4. The summed E-state index contributed by atoms with van der Waals surface area (Å²) in [6.07, 6.45) is 9.15. The Hall–Kier alpha value is -0.120. The van der Waals surface area contributed by atoms with Crippen molar-refractivity contribution >= 4 is 0 Å². The second kappa shape index (κ2) is 4.71. The normalized spacial score (nSPS) is 57.2. The van der Waals surface area contributed by atoms with E-state index < -0.39 is 0 Å². The van der Waals surface area contributed by atoms with Gasteiger partial charge >= 0.3 is 0 Å². The Labute approximate surface area is 117 Å². The first-order valence-electron chi connectivity index (χ1n) is 8.55. The van der Waals surface area contributed by atoms with E-state index in [1.165, 1.54) is 45.1 Å². The molecule has 3 nitrogen and oxygen atoms in total. The van der Waals surface area contributed by atoms with Crippen molar-refractivity contribution in [2.75, 3.05) is 6.54 Å². The standard InChI is InChI=1S/C16H28N3/c1-10-9-13-12-5-3-4-6-14(12)18-16(13)15-7-8-17-11(2)19(10)15/h10-17H,3-9H2,1-2H3/q-1/p+1. The molecule has 1 saturated carbocycles. The minimum atomic E-state index is 0.632. The lowest BCUT2D eigenvalue weighted by atomic mass is 9.71. The highest BCUT2D eigenvalue weighted by atomic mass is 15.4. The van der Waals surface area contributed by atoms with E-state index in [-0.39, 0.29) is 0 Å². The summed E-state index contributed by atoms with van der Waals surface area (Å²) in [4.78, 5) is 1.81. The van der Waals surface area contributed by atoms with Crippen LogP contribution in [0.5, 0.6) is 0 Å². The summed E-state index contributed by atoms with van der Waals surface area (Å²) in [5.41, 5.74) is 0. The molecule has 2 N–H and O–H groups in total. The molecular weight excluding hydrogens is 234 g/mol. The van der Waals surface area contributed by atoms with E-state index >= 15 is 0 Å². The van der Waals surface area contributed by atoms with Crippen LogP contribution >= 0.6 is 0 Å². The average molecular weight is 263 g/mol. The highest BCUT2D eigenvalue weighted by Crippen LogP contribution is 2.49. The SMILES string of the molecule is CC1CC2C3CCCCC3[N-]C2C2CCNC(C)[NH+]12. The predicted molar refractivity (Wildman–Crippen MR) is 77.3 cm³/mol. The van der Waals surface area contributed by atoms with E-state index in [4.69, 9.17) is 5.32 Å². The van der Waals surface area contributed by atoms with E-state index in [0.717, 1.165) is 30.0 Å². The molecule has 3 heteroatoms. The number of fused-ring (bicyclic) bond motifs is 5. The number of hydrogen-bond donors (Lipinski definition) is 2. The van der Waals surface area contributed by atoms with Gasteiger partial charge in [-0.2, -0.15) is 0 Å². The van der Waals surface area contributed by atoms with Crippen molar-refractivity contribution in [1.29, 1.82) is 0 Å². The van der Waals surface area contributed by atoms with Crippen molar-refractivity contribution in [3.63, 3.8) is 0 Å². The number of hydrogen-bond acceptors (Lipinski definition) is 1. The van der Waals surface area contributed by atoms with E-state index in [1.54, 1.807) is 0 Å². The van der Waals surface area contributed by atoms with Crippen molar-refractivity contribution in [3.8, 4) is 0 Å². The van der Waals surface area contributed by atoms with Crippen molar-refractivity contribution in [2.24, 2.45) is 11.8 Å². The fourth-order valence-electron chi connectivity index (χ4n) is 5.89. The second-order valence-corrected chi connectivity index (χ2v) is 7.53. The summed E-state index contributed by atoms with van der Waals surface area (Å²) < 4.78 is 0. The second-order valence-electron chi connectivity index (χ2n) is 7.53. The Bertz CT molecular complexity index is 345. The van der Waals surface area contributed by atoms with Crippen LogP contribution in [0.25, 0.3) is 5.32 Å². The summed E-state index contributed by atoms with van der Waals surface area (Å²) in [7, 11) is 0. The molecule has 0 aromatic rings. The van der Waals surface area contributed by atoms with Gasteiger partial charge in [0.15, 0.2) is 0 Å². The van der Waals surface area contributed by atoms with Crippen LogP contribution in [-0.4, -0.2) is 36.9 Å². The molecule has 3 saturated heterocycles. The van der Waals surface area contributed by atoms with Crippen molar-refractivity contribution < 1.29 is 4.90 Å². The van der Waals surface area contributed by atoms with Crippen LogP contribution in [0.3, 0.4) is 0 Å². The molecule has 0 spiro atoms. The summed E-state index contributed by atoms with van der Waals surface area (Å²) in [5, 5.41) is 9.01. The first-order valence-corrected chi connectivity index (χ1v) is 8.55. The fourth-order valence-corrected chi connectivity index (χ4v) is 5.89. The molecule has 0 bridgehead atoms. The quantitative estimate of drug-likeness (QED) is 0.678. The van der Waals surface area contributed by atoms with Crippen molar-refractivity contribution in [2.45, 2.75) is 82.7 Å². The summed E-state index contributed by atoms with van der Waals surface area (Å²) in [6.45, 7) is 6.06. The molecule has 3 heterocycles. The molecule has 0 aromatic heterocycles. The maximum atomic E-state index is 5.34. The predicted octanol–water partition coefficient (Wildman–Crippen LogP) is 1.30. The lowest BCUT2D eigenvalue weighted by molar-refractivity contribution is -0.983. The molecule has 0 radical (unpaired) electrons. The Balaban J connectivity index is 1.60. The van der Waals surface area contributed by atoms with E-state index in [9.17, 15) is 0 Å². The van der Waals surface area contributed by atoms with Gasteiger partial charge in [0.2, 0.25) is 0 Å². The van der Waals surface area contributed by atoms with Gasteiger partial charge in [-0.05, 0) is 12.8 Å². The highest BCUT2D eigenvalue weighted by Gasteiger charge is 2.49. The van der Waals surface area contributed by atoms with Gasteiger partial charge in [-0.25, -0.2) is 0 Å². The van der Waals surface area contributed by atoms with Crippen LogP contribution in [0.15, 0.2) is 0 Å². The van der Waals surface area contributed by atoms with Crippen molar-refractivity contribution in [1.82, 2.24) is 5.32 Å². The summed E-state index contributed by atoms with van der Waals surface area (Å²) in [5.74, 6) is 1.88. The number of piperidine rings is 1. The molecule has 4 rings (SSSR count). The van der Waals surface area contributed by atoms with Crippen LogP contribution in [0, 0.1) is 11.8 Å². The van der Waals surface area contributed by atoms with Gasteiger partial charge < -0.3 is 10.2 Å². The Morgan fingerprint density at radius 2 is 1.89 bits per heavy atom. The lowest BCUT2D eigenvalue weighted by Gasteiger charge is -2.53. The van der Waals surface area contributed by atoms with Crippen LogP contribution < -0.4 is 10.2 Å². The molecule has 0 aromatic carbocycles. The molecule has 4 aliphatic rings. The number of nitrogens with one attached hydrogen (secondary N) is 2. The minimum absolute atomic E-state index is 0.632. The molecule has 4 fully saturated rings. The van der Waals surface area contributed by atoms with Crippen LogP contribution in [-0.2, 0) is 0 Å². The Morgan fingerprint density at radius 3 is 2.79 bits per heavy atom. The first kappa shape index (κ1) is 12.6. The maximum Gasteiger partial charge on any atom is 0.138 e. The molecular formula is C16H29N3. The van der Waals surface area contributed by atoms with Crippen molar-refractivity contribution in [3.05, 3.63) is 5.32 Å². The van der Waals surface area contributed by atoms with E-state index in [1.807, 2.05) is 4.90 Å². The van der Waals surface area contributed by atoms with Crippen LogP contribution in [0.2, 0.25) is 0 Å². The maximum absolute atomic E-state index is 5.34. The Kier molecular flexibility index (Phi) is 3.13. The van der Waals surface area contributed by atoms with Gasteiger partial charge in [0.1, 0.15) is 6.17 Å². The van der Waals surface area contributed by atoms with E-state index in [2.05, 4.69) is 19.2 Å². The van der Waals surface area contributed by atoms with Gasteiger partial charge in [-0.15, -0.1) is 6.04 Å².